The van der Waals surface area contributed by atoms with Gasteiger partial charge in [0.1, 0.15) is 10.7 Å². The van der Waals surface area contributed by atoms with Crippen molar-refractivity contribution >= 4 is 21.7 Å². The molecule has 0 radical (unpaired) electrons. The van der Waals surface area contributed by atoms with Gasteiger partial charge in [-0.05, 0) is 25.1 Å². The van der Waals surface area contributed by atoms with Crippen LogP contribution in [-0.2, 0) is 10.0 Å². The van der Waals surface area contributed by atoms with Crippen LogP contribution in [0, 0.1) is 12.7 Å². The fourth-order valence-corrected chi connectivity index (χ4v) is 2.76. The van der Waals surface area contributed by atoms with Gasteiger partial charge in [0, 0.05) is 5.69 Å². The summed E-state index contributed by atoms with van der Waals surface area (Å²) in [5.41, 5.74) is -0.336. The number of carboxylic acids is 1. The number of H-pyrrole nitrogens is 1. The normalized spacial score (nSPS) is 11.3. The van der Waals surface area contributed by atoms with Crippen LogP contribution in [0.1, 0.15) is 16.1 Å². The molecule has 0 unspecified atom stereocenters. The molecule has 1 heterocycles. The van der Waals surface area contributed by atoms with Crippen LogP contribution in [0.2, 0.25) is 0 Å². The highest BCUT2D eigenvalue weighted by molar-refractivity contribution is 7.92. The number of aryl methyl sites for hydroxylation is 1. The third-order valence-electron chi connectivity index (χ3n) is 2.52. The Balaban J connectivity index is 2.38. The molecule has 20 heavy (non-hydrogen) atoms. The second-order valence-corrected chi connectivity index (χ2v) is 5.62. The summed E-state index contributed by atoms with van der Waals surface area (Å²) in [5, 5.41) is 14.9. The lowest BCUT2D eigenvalue weighted by molar-refractivity contribution is 0.0692. The van der Waals surface area contributed by atoms with Gasteiger partial charge in [-0.25, -0.2) is 17.6 Å². The van der Waals surface area contributed by atoms with Crippen molar-refractivity contribution in [1.29, 1.82) is 0 Å². The van der Waals surface area contributed by atoms with Crippen molar-refractivity contribution in [2.75, 3.05) is 4.72 Å². The standard InChI is InChI=1S/C11H10FN3O4S/c1-6-10(5-13-14-6)20(18,19)15-7-2-3-9(12)8(4-7)11(16)17/h2-5,15H,1H3,(H,13,14)(H,16,17). The Morgan fingerprint density at radius 3 is 2.70 bits per heavy atom. The molecule has 0 aliphatic carbocycles. The highest BCUT2D eigenvalue weighted by Crippen LogP contribution is 2.20. The number of carboxylic acid groups (broad SMARTS) is 1. The van der Waals surface area contributed by atoms with Gasteiger partial charge < -0.3 is 5.11 Å². The highest BCUT2D eigenvalue weighted by atomic mass is 32.2. The first kappa shape index (κ1) is 14.0. The first-order valence-electron chi connectivity index (χ1n) is 5.37. The van der Waals surface area contributed by atoms with E-state index in [4.69, 9.17) is 5.11 Å². The number of aromatic nitrogens is 2. The lowest BCUT2D eigenvalue weighted by Gasteiger charge is -2.08. The van der Waals surface area contributed by atoms with E-state index in [0.717, 1.165) is 24.4 Å². The topological polar surface area (TPSA) is 112 Å². The Kier molecular flexibility index (Phi) is 3.45. The van der Waals surface area contributed by atoms with E-state index in [2.05, 4.69) is 14.9 Å². The summed E-state index contributed by atoms with van der Waals surface area (Å²) >= 11 is 0. The van der Waals surface area contributed by atoms with Crippen LogP contribution >= 0.6 is 0 Å². The molecule has 0 amide bonds. The molecule has 2 aromatic rings. The summed E-state index contributed by atoms with van der Waals surface area (Å²) in [5.74, 6) is -2.43. The zero-order valence-electron chi connectivity index (χ0n) is 10.2. The maximum absolute atomic E-state index is 13.2. The average Bonchev–Trinajstić information content (AvgIpc) is 2.78. The number of nitrogens with zero attached hydrogens (tertiary/aromatic N) is 1. The van der Waals surface area contributed by atoms with E-state index in [1.807, 2.05) is 0 Å². The Bertz CT molecular complexity index is 770. The number of rotatable bonds is 4. The van der Waals surface area contributed by atoms with Gasteiger partial charge in [0.25, 0.3) is 10.0 Å². The van der Waals surface area contributed by atoms with Crippen molar-refractivity contribution in [3.05, 3.63) is 41.5 Å². The molecule has 0 aliphatic heterocycles. The van der Waals surface area contributed by atoms with Crippen LogP contribution in [0.25, 0.3) is 0 Å². The maximum atomic E-state index is 13.2. The van der Waals surface area contributed by atoms with Crippen LogP contribution in [0.3, 0.4) is 0 Å². The largest absolute Gasteiger partial charge is 0.478 e. The number of halogens is 1. The van der Waals surface area contributed by atoms with Gasteiger partial charge in [0.15, 0.2) is 0 Å². The molecule has 3 N–H and O–H groups in total. The van der Waals surface area contributed by atoms with E-state index in [0.29, 0.717) is 5.69 Å². The first-order valence-corrected chi connectivity index (χ1v) is 6.85. The summed E-state index contributed by atoms with van der Waals surface area (Å²) in [6.07, 6.45) is 1.12. The van der Waals surface area contributed by atoms with Crippen molar-refractivity contribution in [2.24, 2.45) is 0 Å². The second-order valence-electron chi connectivity index (χ2n) is 3.96. The molecule has 0 bridgehead atoms. The Morgan fingerprint density at radius 2 is 2.15 bits per heavy atom. The SMILES string of the molecule is Cc1[nH]ncc1S(=O)(=O)Nc1ccc(F)c(C(=O)O)c1. The second kappa shape index (κ2) is 4.93. The fourth-order valence-electron chi connectivity index (χ4n) is 1.57. The van der Waals surface area contributed by atoms with Crippen LogP contribution in [0.5, 0.6) is 0 Å². The predicted octanol–water partition coefficient (Wildman–Crippen LogP) is 1.36. The van der Waals surface area contributed by atoms with E-state index < -0.39 is 27.4 Å². The van der Waals surface area contributed by atoms with E-state index in [9.17, 15) is 17.6 Å². The molecule has 9 heteroatoms. The number of hydrogen-bond acceptors (Lipinski definition) is 4. The highest BCUT2D eigenvalue weighted by Gasteiger charge is 2.20. The van der Waals surface area contributed by atoms with E-state index in [1.165, 1.54) is 6.92 Å². The van der Waals surface area contributed by atoms with Gasteiger partial charge in [-0.2, -0.15) is 5.10 Å². The number of aromatic carboxylic acids is 1. The lowest BCUT2D eigenvalue weighted by atomic mass is 10.2. The monoisotopic (exact) mass is 299 g/mol. The van der Waals surface area contributed by atoms with Crippen molar-refractivity contribution in [1.82, 2.24) is 10.2 Å². The van der Waals surface area contributed by atoms with Crippen molar-refractivity contribution in [3.63, 3.8) is 0 Å². The van der Waals surface area contributed by atoms with Gasteiger partial charge in [-0.1, -0.05) is 0 Å². The summed E-state index contributed by atoms with van der Waals surface area (Å²) in [6.45, 7) is 1.52. The molecular formula is C11H10FN3O4S. The predicted molar refractivity (Wildman–Crippen MR) is 67.5 cm³/mol. The number of benzene rings is 1. The van der Waals surface area contributed by atoms with Gasteiger partial charge >= 0.3 is 5.97 Å². The number of anilines is 1. The first-order chi connectivity index (χ1) is 9.31. The molecule has 0 saturated heterocycles. The van der Waals surface area contributed by atoms with E-state index >= 15 is 0 Å². The number of carbonyl (C=O) groups is 1. The van der Waals surface area contributed by atoms with Crippen LogP contribution in [0.4, 0.5) is 10.1 Å². The fraction of sp³-hybridized carbons (Fsp3) is 0.0909. The number of aromatic amines is 1. The lowest BCUT2D eigenvalue weighted by Crippen LogP contribution is -2.14. The Hall–Kier alpha value is -2.42. The maximum Gasteiger partial charge on any atom is 0.338 e. The van der Waals surface area contributed by atoms with Crippen LogP contribution < -0.4 is 4.72 Å². The summed E-state index contributed by atoms with van der Waals surface area (Å²) in [4.78, 5) is 10.7. The third kappa shape index (κ3) is 2.62. The summed E-state index contributed by atoms with van der Waals surface area (Å²) in [7, 11) is -3.92. The number of hydrogen-bond donors (Lipinski definition) is 3. The Morgan fingerprint density at radius 1 is 1.45 bits per heavy atom. The molecule has 0 aliphatic rings. The minimum Gasteiger partial charge on any atom is -0.478 e. The number of nitrogens with one attached hydrogen (secondary N) is 2. The molecule has 2 rings (SSSR count). The van der Waals surface area contributed by atoms with Crippen LogP contribution in [0.15, 0.2) is 29.3 Å². The summed E-state index contributed by atoms with van der Waals surface area (Å²) < 4.78 is 39.5. The van der Waals surface area contributed by atoms with E-state index in [-0.39, 0.29) is 10.6 Å². The van der Waals surface area contributed by atoms with Crippen molar-refractivity contribution in [2.45, 2.75) is 11.8 Å². The quantitative estimate of drug-likeness (QED) is 0.789. The van der Waals surface area contributed by atoms with Gasteiger partial charge in [0.05, 0.1) is 17.5 Å². The van der Waals surface area contributed by atoms with Gasteiger partial charge in [-0.15, -0.1) is 0 Å². The molecule has 0 fully saturated rings. The zero-order valence-corrected chi connectivity index (χ0v) is 11.0. The average molecular weight is 299 g/mol. The minimum absolute atomic E-state index is 0.0515. The molecule has 0 atom stereocenters. The molecule has 1 aromatic carbocycles. The molecule has 0 spiro atoms. The molecule has 7 nitrogen and oxygen atoms in total. The van der Waals surface area contributed by atoms with Gasteiger partial charge in [0.2, 0.25) is 0 Å². The third-order valence-corrected chi connectivity index (χ3v) is 4.02. The summed E-state index contributed by atoms with van der Waals surface area (Å²) in [6, 6.07) is 2.92. The van der Waals surface area contributed by atoms with E-state index in [1.54, 1.807) is 0 Å². The minimum atomic E-state index is -3.92. The van der Waals surface area contributed by atoms with Crippen LogP contribution in [-0.4, -0.2) is 29.7 Å². The van der Waals surface area contributed by atoms with Crippen molar-refractivity contribution < 1.29 is 22.7 Å². The molecule has 0 saturated carbocycles. The van der Waals surface area contributed by atoms with Crippen molar-refractivity contribution in [3.8, 4) is 0 Å². The smallest absolute Gasteiger partial charge is 0.338 e. The number of sulfonamides is 1. The molecule has 1 aromatic heterocycles. The molecule has 106 valence electrons. The Labute approximate surface area is 113 Å². The molecular weight excluding hydrogens is 289 g/mol. The zero-order chi connectivity index (χ0) is 14.9. The van der Waals surface area contributed by atoms with Gasteiger partial charge in [-0.3, -0.25) is 9.82 Å².